The van der Waals surface area contributed by atoms with Crippen LogP contribution in [0.25, 0.3) is 11.1 Å². The molecule has 0 amide bonds. The van der Waals surface area contributed by atoms with Gasteiger partial charge in [0.2, 0.25) is 0 Å². The zero-order valence-corrected chi connectivity index (χ0v) is 11.2. The molecule has 0 bridgehead atoms. The highest BCUT2D eigenvalue weighted by atomic mass is 14.6. The smallest absolute Gasteiger partial charge is 0.0393 e. The zero-order valence-electron chi connectivity index (χ0n) is 11.2. The second kappa shape index (κ2) is 4.31. The first kappa shape index (κ1) is 11.6. The van der Waals surface area contributed by atoms with E-state index in [-0.39, 0.29) is 0 Å². The van der Waals surface area contributed by atoms with Gasteiger partial charge >= 0.3 is 0 Å². The third-order valence-corrected chi connectivity index (χ3v) is 4.43. The van der Waals surface area contributed by atoms with Gasteiger partial charge in [-0.3, -0.25) is 0 Å². The second-order valence-corrected chi connectivity index (χ2v) is 5.48. The lowest BCUT2D eigenvalue weighted by molar-refractivity contribution is 0.711. The van der Waals surface area contributed by atoms with Crippen LogP contribution in [0, 0.1) is 0 Å². The molecule has 94 valence electrons. The summed E-state index contributed by atoms with van der Waals surface area (Å²) in [7, 11) is 0. The van der Waals surface area contributed by atoms with Crippen molar-refractivity contribution in [3.05, 3.63) is 41.0 Å². The number of nitrogens with two attached hydrogens (primary N) is 1. The molecule has 0 fully saturated rings. The minimum Gasteiger partial charge on any atom is -0.398 e. The standard InChI is InChI=1S/C17H21N/c1-3-11(2)13-8-9-16(18)17-14-7-5-4-6-12(14)10-15(13)17/h8-9H,2-7,10,18H2,1H3. The fourth-order valence-electron chi connectivity index (χ4n) is 3.41. The van der Waals surface area contributed by atoms with Gasteiger partial charge in [0.05, 0.1) is 0 Å². The number of rotatable bonds is 2. The molecule has 0 aliphatic heterocycles. The van der Waals surface area contributed by atoms with Crippen molar-refractivity contribution >= 4 is 16.8 Å². The molecule has 2 aliphatic rings. The Morgan fingerprint density at radius 2 is 2.06 bits per heavy atom. The zero-order chi connectivity index (χ0) is 12.7. The van der Waals surface area contributed by atoms with E-state index in [1.807, 2.05) is 0 Å². The van der Waals surface area contributed by atoms with Crippen molar-refractivity contribution < 1.29 is 0 Å². The molecule has 1 aromatic rings. The van der Waals surface area contributed by atoms with Crippen molar-refractivity contribution in [2.75, 3.05) is 5.73 Å². The third kappa shape index (κ3) is 1.61. The summed E-state index contributed by atoms with van der Waals surface area (Å²) in [6.45, 7) is 6.38. The molecule has 3 rings (SSSR count). The van der Waals surface area contributed by atoms with E-state index in [0.29, 0.717) is 0 Å². The van der Waals surface area contributed by atoms with Gasteiger partial charge in [0, 0.05) is 11.3 Å². The molecule has 1 heteroatoms. The van der Waals surface area contributed by atoms with Crippen LogP contribution in [0.4, 0.5) is 5.69 Å². The van der Waals surface area contributed by atoms with Gasteiger partial charge < -0.3 is 5.73 Å². The van der Waals surface area contributed by atoms with E-state index in [2.05, 4.69) is 25.6 Å². The van der Waals surface area contributed by atoms with Crippen molar-refractivity contribution in [1.82, 2.24) is 0 Å². The molecule has 18 heavy (non-hydrogen) atoms. The Morgan fingerprint density at radius 3 is 2.83 bits per heavy atom. The SMILES string of the molecule is C=C(CC)c1ccc(N)c2c1CC1=C2CCCC1. The van der Waals surface area contributed by atoms with E-state index < -0.39 is 0 Å². The quantitative estimate of drug-likeness (QED) is 0.751. The molecule has 1 nitrogen and oxygen atoms in total. The molecule has 0 heterocycles. The Kier molecular flexibility index (Phi) is 2.77. The predicted molar refractivity (Wildman–Crippen MR) is 79.3 cm³/mol. The molecule has 0 spiro atoms. The van der Waals surface area contributed by atoms with Crippen molar-refractivity contribution in [2.24, 2.45) is 0 Å². The Balaban J connectivity index is 2.15. The van der Waals surface area contributed by atoms with Crippen LogP contribution in [-0.2, 0) is 6.42 Å². The topological polar surface area (TPSA) is 26.0 Å². The van der Waals surface area contributed by atoms with Crippen LogP contribution in [0.3, 0.4) is 0 Å². The van der Waals surface area contributed by atoms with Crippen LogP contribution >= 0.6 is 0 Å². The fraction of sp³-hybridized carbons (Fsp3) is 0.412. The molecule has 2 N–H and O–H groups in total. The molecule has 0 saturated heterocycles. The summed E-state index contributed by atoms with van der Waals surface area (Å²) in [5.74, 6) is 0. The van der Waals surface area contributed by atoms with Crippen LogP contribution in [0.1, 0.15) is 55.7 Å². The number of hydrogen-bond acceptors (Lipinski definition) is 1. The van der Waals surface area contributed by atoms with Crippen LogP contribution in [0.15, 0.2) is 24.3 Å². The van der Waals surface area contributed by atoms with Crippen LogP contribution in [-0.4, -0.2) is 0 Å². The summed E-state index contributed by atoms with van der Waals surface area (Å²) in [5.41, 5.74) is 15.8. The number of benzene rings is 1. The van der Waals surface area contributed by atoms with E-state index >= 15 is 0 Å². The Bertz CT molecular complexity index is 549. The van der Waals surface area contributed by atoms with Gasteiger partial charge in [-0.2, -0.15) is 0 Å². The summed E-state index contributed by atoms with van der Waals surface area (Å²) < 4.78 is 0. The Morgan fingerprint density at radius 1 is 1.28 bits per heavy atom. The van der Waals surface area contributed by atoms with Crippen LogP contribution in [0.2, 0.25) is 0 Å². The summed E-state index contributed by atoms with van der Waals surface area (Å²) in [4.78, 5) is 0. The highest BCUT2D eigenvalue weighted by Gasteiger charge is 2.27. The normalized spacial score (nSPS) is 17.6. The monoisotopic (exact) mass is 239 g/mol. The lowest BCUT2D eigenvalue weighted by Gasteiger charge is -2.16. The highest BCUT2D eigenvalue weighted by molar-refractivity contribution is 5.88. The largest absolute Gasteiger partial charge is 0.398 e. The van der Waals surface area contributed by atoms with E-state index in [0.717, 1.165) is 18.5 Å². The Hall–Kier alpha value is -1.50. The molecule has 1 aromatic carbocycles. The second-order valence-electron chi connectivity index (χ2n) is 5.48. The molecule has 0 unspecified atom stereocenters. The maximum Gasteiger partial charge on any atom is 0.0393 e. The summed E-state index contributed by atoms with van der Waals surface area (Å²) in [6, 6.07) is 4.23. The average Bonchev–Trinajstić information content (AvgIpc) is 2.78. The van der Waals surface area contributed by atoms with Gasteiger partial charge in [-0.1, -0.05) is 25.1 Å². The van der Waals surface area contributed by atoms with Gasteiger partial charge in [-0.05, 0) is 66.9 Å². The number of fused-ring (bicyclic) bond motifs is 2. The van der Waals surface area contributed by atoms with Gasteiger partial charge in [0.15, 0.2) is 0 Å². The fourth-order valence-corrected chi connectivity index (χ4v) is 3.41. The Labute approximate surface area is 109 Å². The average molecular weight is 239 g/mol. The number of allylic oxidation sites excluding steroid dienone is 3. The molecule has 0 aromatic heterocycles. The minimum absolute atomic E-state index is 0.963. The molecule has 0 radical (unpaired) electrons. The first-order chi connectivity index (χ1) is 8.72. The van der Waals surface area contributed by atoms with Crippen LogP contribution < -0.4 is 5.73 Å². The molecular formula is C17H21N. The van der Waals surface area contributed by atoms with Crippen molar-refractivity contribution in [1.29, 1.82) is 0 Å². The van der Waals surface area contributed by atoms with Gasteiger partial charge in [-0.25, -0.2) is 0 Å². The van der Waals surface area contributed by atoms with Gasteiger partial charge in [-0.15, -0.1) is 0 Å². The summed E-state index contributed by atoms with van der Waals surface area (Å²) >= 11 is 0. The molecule has 2 aliphatic carbocycles. The summed E-state index contributed by atoms with van der Waals surface area (Å²) in [6.07, 6.45) is 7.27. The number of hydrogen-bond donors (Lipinski definition) is 1. The third-order valence-electron chi connectivity index (χ3n) is 4.43. The predicted octanol–water partition coefficient (Wildman–Crippen LogP) is 4.58. The maximum absolute atomic E-state index is 6.23. The van der Waals surface area contributed by atoms with Crippen molar-refractivity contribution in [3.8, 4) is 0 Å². The number of nitrogen functional groups attached to an aromatic ring is 1. The lowest BCUT2D eigenvalue weighted by atomic mass is 9.90. The molecular weight excluding hydrogens is 218 g/mol. The maximum atomic E-state index is 6.23. The lowest BCUT2D eigenvalue weighted by Crippen LogP contribution is -1.99. The minimum atomic E-state index is 0.963. The first-order valence-electron chi connectivity index (χ1n) is 7.03. The first-order valence-corrected chi connectivity index (χ1v) is 7.03. The van der Waals surface area contributed by atoms with Gasteiger partial charge in [0.1, 0.15) is 0 Å². The van der Waals surface area contributed by atoms with Crippen molar-refractivity contribution in [3.63, 3.8) is 0 Å². The number of anilines is 1. The van der Waals surface area contributed by atoms with E-state index in [1.165, 1.54) is 47.9 Å². The molecule has 0 atom stereocenters. The van der Waals surface area contributed by atoms with Gasteiger partial charge in [0.25, 0.3) is 0 Å². The summed E-state index contributed by atoms with van der Waals surface area (Å²) in [5, 5.41) is 0. The molecule has 0 saturated carbocycles. The highest BCUT2D eigenvalue weighted by Crippen LogP contribution is 2.46. The van der Waals surface area contributed by atoms with Crippen LogP contribution in [0.5, 0.6) is 0 Å². The van der Waals surface area contributed by atoms with E-state index in [9.17, 15) is 0 Å². The van der Waals surface area contributed by atoms with Crippen molar-refractivity contribution in [2.45, 2.75) is 45.4 Å². The van der Waals surface area contributed by atoms with E-state index in [4.69, 9.17) is 5.73 Å². The van der Waals surface area contributed by atoms with E-state index in [1.54, 1.807) is 11.1 Å².